The molecule has 0 saturated carbocycles. The Morgan fingerprint density at radius 3 is 2.57 bits per heavy atom. The minimum atomic E-state index is -0.850. The van der Waals surface area contributed by atoms with Crippen molar-refractivity contribution in [1.82, 2.24) is 30.0 Å². The Morgan fingerprint density at radius 1 is 1.17 bits per heavy atom. The Balaban J connectivity index is 1.59. The van der Waals surface area contributed by atoms with Crippen molar-refractivity contribution in [3.8, 4) is 0 Å². The number of hydrogen-bond donors (Lipinski definition) is 1. The number of anilines is 2. The molecule has 0 spiro atoms. The molecule has 0 aliphatic carbocycles. The highest BCUT2D eigenvalue weighted by molar-refractivity contribution is 6.03. The lowest BCUT2D eigenvalue weighted by molar-refractivity contribution is 0.102. The van der Waals surface area contributed by atoms with E-state index in [4.69, 9.17) is 0 Å². The number of tetrazole rings is 1. The number of nitrogens with zero attached hydrogens (tertiary/aromatic N) is 7. The fourth-order valence-electron chi connectivity index (χ4n) is 3.38. The molecule has 9 nitrogen and oxygen atoms in total. The van der Waals surface area contributed by atoms with E-state index >= 15 is 0 Å². The number of hydrogen-bond acceptors (Lipinski definition) is 6. The normalized spacial score (nSPS) is 14.4. The highest BCUT2D eigenvalue weighted by Crippen LogP contribution is 2.28. The smallest absolute Gasteiger partial charge is 0.276 e. The highest BCUT2D eigenvalue weighted by Gasteiger charge is 2.25. The second kappa shape index (κ2) is 7.65. The second-order valence-electron chi connectivity index (χ2n) is 7.10. The van der Waals surface area contributed by atoms with Crippen molar-refractivity contribution < 1.29 is 13.6 Å². The van der Waals surface area contributed by atoms with Gasteiger partial charge >= 0.3 is 0 Å². The predicted molar refractivity (Wildman–Crippen MR) is 106 cm³/mol. The summed E-state index contributed by atoms with van der Waals surface area (Å²) in [5.41, 5.74) is 2.44. The van der Waals surface area contributed by atoms with E-state index in [1.165, 1.54) is 10.9 Å². The van der Waals surface area contributed by atoms with Gasteiger partial charge in [0.25, 0.3) is 11.9 Å². The average molecular weight is 414 g/mol. The van der Waals surface area contributed by atoms with E-state index in [0.29, 0.717) is 12.5 Å². The van der Waals surface area contributed by atoms with Crippen LogP contribution in [-0.2, 0) is 14.1 Å². The first-order chi connectivity index (χ1) is 14.3. The lowest BCUT2D eigenvalue weighted by Crippen LogP contribution is -2.32. The van der Waals surface area contributed by atoms with Crippen LogP contribution in [0.25, 0.3) is 5.57 Å². The monoisotopic (exact) mass is 414 g/mol. The van der Waals surface area contributed by atoms with E-state index in [1.807, 2.05) is 11.8 Å². The molecule has 4 rings (SSSR count). The van der Waals surface area contributed by atoms with Crippen LogP contribution in [0.5, 0.6) is 0 Å². The molecule has 0 atom stereocenters. The molecule has 0 bridgehead atoms. The van der Waals surface area contributed by atoms with Gasteiger partial charge in [0.15, 0.2) is 5.69 Å². The summed E-state index contributed by atoms with van der Waals surface area (Å²) < 4.78 is 29.3. The van der Waals surface area contributed by atoms with E-state index in [2.05, 4.69) is 25.8 Å². The molecule has 1 amide bonds. The van der Waals surface area contributed by atoms with Crippen molar-refractivity contribution in [2.75, 3.05) is 23.3 Å². The quantitative estimate of drug-likeness (QED) is 0.703. The molecule has 0 unspecified atom stereocenters. The predicted octanol–water partition coefficient (Wildman–Crippen LogP) is 2.16. The number of aromatic nitrogens is 6. The molecule has 1 aliphatic rings. The van der Waals surface area contributed by atoms with Crippen LogP contribution < -0.4 is 10.2 Å². The summed E-state index contributed by atoms with van der Waals surface area (Å²) in [6.45, 7) is 3.30. The maximum atomic E-state index is 13.8. The minimum Gasteiger partial charge on any atom is -0.333 e. The zero-order valence-corrected chi connectivity index (χ0v) is 16.7. The van der Waals surface area contributed by atoms with Crippen molar-refractivity contribution in [1.29, 1.82) is 0 Å². The van der Waals surface area contributed by atoms with Gasteiger partial charge in [0.05, 0.1) is 12.7 Å². The summed E-state index contributed by atoms with van der Waals surface area (Å²) in [6, 6.07) is 5.00. The van der Waals surface area contributed by atoms with Gasteiger partial charge in [0.1, 0.15) is 17.3 Å². The number of benzene rings is 1. The third kappa shape index (κ3) is 3.65. The van der Waals surface area contributed by atoms with Gasteiger partial charge in [-0.25, -0.2) is 8.78 Å². The van der Waals surface area contributed by atoms with Crippen molar-refractivity contribution >= 4 is 23.1 Å². The molecule has 0 saturated heterocycles. The Kier molecular flexibility index (Phi) is 5.02. The highest BCUT2D eigenvalue weighted by atomic mass is 19.1. The zero-order chi connectivity index (χ0) is 21.4. The molecular weight excluding hydrogens is 394 g/mol. The Labute approximate surface area is 171 Å². The van der Waals surface area contributed by atoms with Crippen molar-refractivity contribution in [2.45, 2.75) is 13.3 Å². The van der Waals surface area contributed by atoms with E-state index in [-0.39, 0.29) is 5.69 Å². The van der Waals surface area contributed by atoms with Crippen LogP contribution in [0.1, 0.15) is 29.5 Å². The van der Waals surface area contributed by atoms with Crippen molar-refractivity contribution in [2.24, 2.45) is 14.1 Å². The summed E-state index contributed by atoms with van der Waals surface area (Å²) in [4.78, 5) is 16.0. The molecule has 30 heavy (non-hydrogen) atoms. The van der Waals surface area contributed by atoms with Crippen molar-refractivity contribution in [3.05, 3.63) is 52.9 Å². The molecular formula is C19H20F2N8O. The Morgan fingerprint density at radius 2 is 1.90 bits per heavy atom. The molecule has 11 heteroatoms. The number of aryl methyl sites for hydroxylation is 2. The molecule has 1 N–H and O–H groups in total. The van der Waals surface area contributed by atoms with Crippen LogP contribution in [0.3, 0.4) is 0 Å². The number of carbonyl (C=O) groups excluding carboxylic acids is 1. The Hall–Kier alpha value is -3.63. The molecule has 3 heterocycles. The number of nitrogens with one attached hydrogen (secondary N) is 1. The molecule has 1 aliphatic heterocycles. The SMILES string of the molecule is CC1=C(c2cc(C(=O)Nc3c(F)cccc3F)nn2C)CN(c2nnn(C)n2)CC1. The zero-order valence-electron chi connectivity index (χ0n) is 16.7. The molecule has 0 fully saturated rings. The van der Waals surface area contributed by atoms with Gasteiger partial charge in [-0.1, -0.05) is 16.7 Å². The maximum Gasteiger partial charge on any atom is 0.276 e. The number of para-hydroxylation sites is 1. The van der Waals surface area contributed by atoms with Crippen LogP contribution in [0.2, 0.25) is 0 Å². The number of rotatable bonds is 4. The first-order valence-corrected chi connectivity index (χ1v) is 9.31. The number of amides is 1. The topological polar surface area (TPSA) is 93.8 Å². The van der Waals surface area contributed by atoms with E-state index in [1.54, 1.807) is 24.8 Å². The summed E-state index contributed by atoms with van der Waals surface area (Å²) in [7, 11) is 3.42. The number of carbonyl (C=O) groups is 1. The molecule has 3 aromatic rings. The summed E-state index contributed by atoms with van der Waals surface area (Å²) in [5.74, 6) is -1.87. The van der Waals surface area contributed by atoms with E-state index in [9.17, 15) is 13.6 Å². The van der Waals surface area contributed by atoms with Gasteiger partial charge in [0, 0.05) is 20.1 Å². The van der Waals surface area contributed by atoms with Gasteiger partial charge in [-0.05, 0) is 42.3 Å². The lowest BCUT2D eigenvalue weighted by Gasteiger charge is -2.28. The molecule has 156 valence electrons. The number of halogens is 2. The molecule has 0 radical (unpaired) electrons. The largest absolute Gasteiger partial charge is 0.333 e. The first kappa shape index (κ1) is 19.7. The van der Waals surface area contributed by atoms with Crippen LogP contribution in [-0.4, -0.2) is 49.0 Å². The van der Waals surface area contributed by atoms with Crippen LogP contribution >= 0.6 is 0 Å². The summed E-state index contributed by atoms with van der Waals surface area (Å²) >= 11 is 0. The standard InChI is InChI=1S/C19H20F2N8O/c1-11-7-8-29(19-23-26-28(3)25-19)10-12(11)16-9-15(24-27(16)2)18(30)22-17-13(20)5-4-6-14(17)21/h4-6,9H,7-8,10H2,1-3H3,(H,22,30). The maximum absolute atomic E-state index is 13.8. The minimum absolute atomic E-state index is 0.0604. The third-order valence-electron chi connectivity index (χ3n) is 5.02. The van der Waals surface area contributed by atoms with E-state index < -0.39 is 23.2 Å². The van der Waals surface area contributed by atoms with Gasteiger partial charge in [-0.3, -0.25) is 9.48 Å². The van der Waals surface area contributed by atoms with Crippen LogP contribution in [0.15, 0.2) is 29.8 Å². The molecule has 1 aromatic carbocycles. The fraction of sp³-hybridized carbons (Fsp3) is 0.316. The van der Waals surface area contributed by atoms with Crippen LogP contribution in [0.4, 0.5) is 20.4 Å². The molecule has 2 aromatic heterocycles. The summed E-state index contributed by atoms with van der Waals surface area (Å²) in [6.07, 6.45) is 0.792. The van der Waals surface area contributed by atoms with Gasteiger partial charge in [0.2, 0.25) is 0 Å². The van der Waals surface area contributed by atoms with E-state index in [0.717, 1.165) is 41.9 Å². The Bertz CT molecular complexity index is 1130. The fourth-order valence-corrected chi connectivity index (χ4v) is 3.38. The summed E-state index contributed by atoms with van der Waals surface area (Å²) in [5, 5.41) is 18.7. The van der Waals surface area contributed by atoms with Crippen molar-refractivity contribution in [3.63, 3.8) is 0 Å². The van der Waals surface area contributed by atoms with Crippen LogP contribution in [0, 0.1) is 11.6 Å². The average Bonchev–Trinajstić information content (AvgIpc) is 3.31. The van der Waals surface area contributed by atoms with Gasteiger partial charge < -0.3 is 10.2 Å². The van der Waals surface area contributed by atoms with Gasteiger partial charge in [-0.15, -0.1) is 5.10 Å². The second-order valence-corrected chi connectivity index (χ2v) is 7.10. The van der Waals surface area contributed by atoms with Gasteiger partial charge in [-0.2, -0.15) is 9.90 Å². The first-order valence-electron chi connectivity index (χ1n) is 9.31. The lowest BCUT2D eigenvalue weighted by atomic mass is 9.98. The third-order valence-corrected chi connectivity index (χ3v) is 5.02.